The number of rotatable bonds is 9. The first-order valence-corrected chi connectivity index (χ1v) is 13.7. The largest absolute Gasteiger partial charge is 0.368 e. The van der Waals surface area contributed by atoms with Gasteiger partial charge in [0.1, 0.15) is 6.04 Å². The Hall–Kier alpha value is -3.86. The summed E-state index contributed by atoms with van der Waals surface area (Å²) in [5.41, 5.74) is 15.8. The molecule has 5 rings (SSSR count). The second kappa shape index (κ2) is 13.7. The molecule has 2 heterocycles. The van der Waals surface area contributed by atoms with Crippen molar-refractivity contribution in [1.29, 1.82) is 0 Å². The van der Waals surface area contributed by atoms with Gasteiger partial charge in [-0.05, 0) is 84.8 Å². The molecule has 0 spiro atoms. The Bertz CT molecular complexity index is 1440. The van der Waals surface area contributed by atoms with Crippen LogP contribution in [0, 0.1) is 11.8 Å². The van der Waals surface area contributed by atoms with Crippen molar-refractivity contribution in [2.24, 2.45) is 23.3 Å². The maximum absolute atomic E-state index is 14.0. The monoisotopic (exact) mass is 594 g/mol. The number of halogens is 2. The summed E-state index contributed by atoms with van der Waals surface area (Å²) in [5.74, 6) is -0.0338. The van der Waals surface area contributed by atoms with Crippen molar-refractivity contribution in [2.45, 2.75) is 38.1 Å². The van der Waals surface area contributed by atoms with Crippen LogP contribution in [0.3, 0.4) is 0 Å². The van der Waals surface area contributed by atoms with E-state index in [1.54, 1.807) is 41.6 Å². The van der Waals surface area contributed by atoms with Crippen molar-refractivity contribution in [3.8, 4) is 22.5 Å². The number of aromatic amines is 1. The topological polar surface area (TPSA) is 157 Å². The normalized spacial score (nSPS) is 17.3. The van der Waals surface area contributed by atoms with Crippen molar-refractivity contribution in [3.63, 3.8) is 0 Å². The van der Waals surface area contributed by atoms with Crippen LogP contribution >= 0.6 is 24.0 Å². The van der Waals surface area contributed by atoms with E-state index in [4.69, 9.17) is 23.1 Å². The lowest BCUT2D eigenvalue weighted by atomic mass is 9.81. The molecule has 2 aromatic heterocycles. The molecule has 0 saturated heterocycles. The van der Waals surface area contributed by atoms with E-state index in [-0.39, 0.29) is 30.7 Å². The number of aromatic nitrogens is 5. The Morgan fingerprint density at radius 3 is 2.27 bits per heavy atom. The lowest BCUT2D eigenvalue weighted by Crippen LogP contribution is -2.52. The zero-order chi connectivity index (χ0) is 28.1. The van der Waals surface area contributed by atoms with E-state index in [2.05, 4.69) is 25.6 Å². The molecule has 1 saturated carbocycles. The fraction of sp³-hybridized carbons (Fsp3) is 0.310. The number of hydrogen-bond acceptors (Lipinski definition) is 7. The van der Waals surface area contributed by atoms with Crippen LogP contribution in [0.4, 0.5) is 5.69 Å². The molecule has 1 fully saturated rings. The highest BCUT2D eigenvalue weighted by Crippen LogP contribution is 2.33. The average molecular weight is 596 g/mol. The Morgan fingerprint density at radius 1 is 1.00 bits per heavy atom. The summed E-state index contributed by atoms with van der Waals surface area (Å²) in [6, 6.07) is 15.9. The summed E-state index contributed by atoms with van der Waals surface area (Å²) in [5, 5.41) is 14.6. The van der Waals surface area contributed by atoms with E-state index in [0.29, 0.717) is 29.0 Å². The summed E-state index contributed by atoms with van der Waals surface area (Å²) in [4.78, 5) is 32.6. The summed E-state index contributed by atoms with van der Waals surface area (Å²) in [6.07, 6.45) is 6.77. The number of nitrogens with one attached hydrogen (secondary N) is 1. The van der Waals surface area contributed by atoms with E-state index < -0.39 is 11.9 Å². The summed E-state index contributed by atoms with van der Waals surface area (Å²) in [7, 11) is 0. The Labute approximate surface area is 249 Å². The molecule has 2 aromatic carbocycles. The van der Waals surface area contributed by atoms with Crippen molar-refractivity contribution in [2.75, 3.05) is 11.4 Å². The van der Waals surface area contributed by atoms with Crippen LogP contribution in [0.1, 0.15) is 31.2 Å². The van der Waals surface area contributed by atoms with E-state index in [1.807, 2.05) is 30.3 Å². The number of anilines is 1. The van der Waals surface area contributed by atoms with Crippen LogP contribution in [-0.4, -0.2) is 50.0 Å². The van der Waals surface area contributed by atoms with Crippen LogP contribution in [0.2, 0.25) is 5.02 Å². The molecule has 214 valence electrons. The van der Waals surface area contributed by atoms with Gasteiger partial charge in [-0.25, -0.2) is 0 Å². The number of benzene rings is 2. The molecule has 2 amide bonds. The van der Waals surface area contributed by atoms with Gasteiger partial charge >= 0.3 is 0 Å². The third-order valence-electron chi connectivity index (χ3n) is 7.62. The quantitative estimate of drug-likeness (QED) is 0.262. The van der Waals surface area contributed by atoms with Gasteiger partial charge in [-0.1, -0.05) is 35.9 Å². The second-order valence-electron chi connectivity index (χ2n) is 10.1. The molecule has 41 heavy (non-hydrogen) atoms. The van der Waals surface area contributed by atoms with Crippen LogP contribution < -0.4 is 16.4 Å². The van der Waals surface area contributed by atoms with Gasteiger partial charge in [0.2, 0.25) is 17.6 Å². The fourth-order valence-corrected chi connectivity index (χ4v) is 5.56. The van der Waals surface area contributed by atoms with Crippen LogP contribution in [0.25, 0.3) is 22.5 Å². The number of primary amides is 1. The maximum atomic E-state index is 14.0. The molecule has 0 aliphatic heterocycles. The van der Waals surface area contributed by atoms with E-state index in [9.17, 15) is 9.59 Å². The molecule has 4 aromatic rings. The van der Waals surface area contributed by atoms with Crippen molar-refractivity contribution >= 4 is 41.5 Å². The molecule has 12 heteroatoms. The Balaban J connectivity index is 0.00000387. The first-order valence-electron chi connectivity index (χ1n) is 13.3. The van der Waals surface area contributed by atoms with Gasteiger partial charge < -0.3 is 11.5 Å². The van der Waals surface area contributed by atoms with Crippen molar-refractivity contribution in [1.82, 2.24) is 25.6 Å². The standard InChI is InChI=1S/C29H31ClN8O2.ClH/c30-25-17-33-14-13-24(25)20-5-1-18(2-6-20)15-26(27(32)39)38(29(40)22-7-3-19(16-31)4-8-22)23-11-9-21(10-12-23)28-34-36-37-35-28;/h1-2,5-6,9-14,17,19,22,26H,3-4,7-8,15-16,31H2,(H2,32,39)(H,34,35,36,37);1H/t19?,22?,26-;/m0./s1. The predicted octanol–water partition coefficient (Wildman–Crippen LogP) is 4.20. The van der Waals surface area contributed by atoms with Crippen molar-refractivity contribution < 1.29 is 9.59 Å². The minimum Gasteiger partial charge on any atom is -0.368 e. The highest BCUT2D eigenvalue weighted by molar-refractivity contribution is 6.33. The molecular weight excluding hydrogens is 563 g/mol. The number of amides is 2. The molecule has 5 N–H and O–H groups in total. The summed E-state index contributed by atoms with van der Waals surface area (Å²) >= 11 is 6.32. The molecular formula is C29H32Cl2N8O2. The number of nitrogens with two attached hydrogens (primary N) is 2. The number of tetrazole rings is 1. The number of nitrogens with zero attached hydrogens (tertiary/aromatic N) is 5. The molecule has 10 nitrogen and oxygen atoms in total. The fourth-order valence-electron chi connectivity index (χ4n) is 5.33. The zero-order valence-electron chi connectivity index (χ0n) is 22.3. The van der Waals surface area contributed by atoms with Gasteiger partial charge in [-0.3, -0.25) is 19.5 Å². The number of carbonyl (C=O) groups is 2. The van der Waals surface area contributed by atoms with Gasteiger partial charge in [-0.2, -0.15) is 5.21 Å². The number of hydrogen-bond donors (Lipinski definition) is 3. The van der Waals surface area contributed by atoms with Gasteiger partial charge in [-0.15, -0.1) is 22.6 Å². The Kier molecular flexibility index (Phi) is 10.0. The molecule has 1 aliphatic rings. The molecule has 0 bridgehead atoms. The number of carbonyl (C=O) groups excluding carboxylic acids is 2. The van der Waals surface area contributed by atoms with E-state index >= 15 is 0 Å². The summed E-state index contributed by atoms with van der Waals surface area (Å²) in [6.45, 7) is 0.618. The lowest BCUT2D eigenvalue weighted by molar-refractivity contribution is -0.127. The Morgan fingerprint density at radius 2 is 1.68 bits per heavy atom. The molecule has 1 aliphatic carbocycles. The van der Waals surface area contributed by atoms with Crippen LogP contribution in [0.5, 0.6) is 0 Å². The van der Waals surface area contributed by atoms with Crippen molar-refractivity contribution in [3.05, 3.63) is 77.6 Å². The first-order chi connectivity index (χ1) is 19.4. The third kappa shape index (κ3) is 6.90. The molecule has 1 atom stereocenters. The van der Waals surface area contributed by atoms with Gasteiger partial charge in [0, 0.05) is 41.5 Å². The number of H-pyrrole nitrogens is 1. The minimum atomic E-state index is -0.883. The van der Waals surface area contributed by atoms with Crippen LogP contribution in [0.15, 0.2) is 67.0 Å². The predicted molar refractivity (Wildman–Crippen MR) is 160 cm³/mol. The van der Waals surface area contributed by atoms with Gasteiger partial charge in [0.25, 0.3) is 0 Å². The van der Waals surface area contributed by atoms with Crippen LogP contribution in [-0.2, 0) is 16.0 Å². The van der Waals surface area contributed by atoms with E-state index in [0.717, 1.165) is 47.9 Å². The average Bonchev–Trinajstić information content (AvgIpc) is 3.53. The maximum Gasteiger partial charge on any atom is 0.240 e. The SMILES string of the molecule is Cl.NCC1CCC(C(=O)N(c2ccc(-c3nn[nH]n3)cc2)[C@@H](Cc2ccc(-c3ccncc3Cl)cc2)C(N)=O)CC1. The second-order valence-corrected chi connectivity index (χ2v) is 10.5. The minimum absolute atomic E-state index is 0. The third-order valence-corrected chi connectivity index (χ3v) is 7.92. The van der Waals surface area contributed by atoms with Gasteiger partial charge in [0.05, 0.1) is 5.02 Å². The molecule has 0 unspecified atom stereocenters. The van der Waals surface area contributed by atoms with Gasteiger partial charge in [0.15, 0.2) is 0 Å². The van der Waals surface area contributed by atoms with E-state index in [1.165, 1.54) is 0 Å². The highest BCUT2D eigenvalue weighted by Gasteiger charge is 2.36. The lowest BCUT2D eigenvalue weighted by Gasteiger charge is -2.35. The first kappa shape index (κ1) is 30.1. The summed E-state index contributed by atoms with van der Waals surface area (Å²) < 4.78 is 0. The smallest absolute Gasteiger partial charge is 0.240 e. The molecule has 0 radical (unpaired) electrons. The zero-order valence-corrected chi connectivity index (χ0v) is 23.9. The highest BCUT2D eigenvalue weighted by atomic mass is 35.5. The number of pyridine rings is 1.